The number of fused-ring (bicyclic) bond motifs is 1. The van der Waals surface area contributed by atoms with Crippen LogP contribution in [0.15, 0.2) is 53.0 Å². The maximum absolute atomic E-state index is 13.3. The molecule has 0 aliphatic carbocycles. The number of carbonyl (C=O) groups excluding carboxylic acids is 1. The third-order valence-electron chi connectivity index (χ3n) is 5.49. The summed E-state index contributed by atoms with van der Waals surface area (Å²) in [7, 11) is -1.85. The van der Waals surface area contributed by atoms with Gasteiger partial charge < -0.3 is 4.90 Å². The Kier molecular flexibility index (Phi) is 6.00. The minimum absolute atomic E-state index is 0.0490. The van der Waals surface area contributed by atoms with E-state index in [1.54, 1.807) is 45.3 Å². The van der Waals surface area contributed by atoms with Gasteiger partial charge in [-0.15, -0.1) is 11.3 Å². The fraction of sp³-hybridized carbons (Fsp3) is 0.364. The minimum atomic E-state index is -3.69. The van der Waals surface area contributed by atoms with Crippen LogP contribution in [0.5, 0.6) is 0 Å². The molecule has 164 valence electrons. The van der Waals surface area contributed by atoms with E-state index in [0.29, 0.717) is 25.2 Å². The van der Waals surface area contributed by atoms with Gasteiger partial charge in [0.25, 0.3) is 5.91 Å². The molecule has 3 aromatic rings. The third kappa shape index (κ3) is 4.44. The number of hydrogen-bond acceptors (Lipinski definition) is 5. The first-order valence-corrected chi connectivity index (χ1v) is 12.5. The van der Waals surface area contributed by atoms with Gasteiger partial charge in [-0.25, -0.2) is 8.42 Å². The van der Waals surface area contributed by atoms with E-state index >= 15 is 0 Å². The highest BCUT2D eigenvalue weighted by Crippen LogP contribution is 2.28. The number of aryl methyl sites for hydroxylation is 1. The standard InChI is InChI=1S/C22H26N4O3S2/c1-16(2)26(14-17-12-23-24(3)13-17)22(27)18-5-4-6-20(11-18)31(28,29)25-9-7-21-19(15-25)8-10-30-21/h4-6,8,10-13,16H,7,9,14-15H2,1-3H3. The van der Waals surface area contributed by atoms with Crippen LogP contribution < -0.4 is 0 Å². The summed E-state index contributed by atoms with van der Waals surface area (Å²) >= 11 is 1.67. The molecule has 0 radical (unpaired) electrons. The van der Waals surface area contributed by atoms with Crippen molar-refractivity contribution in [3.63, 3.8) is 0 Å². The van der Waals surface area contributed by atoms with Gasteiger partial charge in [-0.3, -0.25) is 9.48 Å². The fourth-order valence-corrected chi connectivity index (χ4v) is 6.13. The van der Waals surface area contributed by atoms with Gasteiger partial charge in [0, 0.05) is 54.9 Å². The molecular weight excluding hydrogens is 432 g/mol. The largest absolute Gasteiger partial charge is 0.332 e. The van der Waals surface area contributed by atoms with Crippen molar-refractivity contribution in [1.29, 1.82) is 0 Å². The van der Waals surface area contributed by atoms with Gasteiger partial charge in [-0.05, 0) is 55.5 Å². The van der Waals surface area contributed by atoms with Crippen LogP contribution >= 0.6 is 11.3 Å². The van der Waals surface area contributed by atoms with Crippen molar-refractivity contribution in [3.05, 3.63) is 69.7 Å². The summed E-state index contributed by atoms with van der Waals surface area (Å²) in [5.41, 5.74) is 2.36. The quantitative estimate of drug-likeness (QED) is 0.568. The second-order valence-electron chi connectivity index (χ2n) is 8.03. The van der Waals surface area contributed by atoms with Crippen LogP contribution in [0.3, 0.4) is 0 Å². The average molecular weight is 459 g/mol. The van der Waals surface area contributed by atoms with Gasteiger partial charge in [0.2, 0.25) is 10.0 Å². The monoisotopic (exact) mass is 458 g/mol. The Morgan fingerprint density at radius 2 is 2.10 bits per heavy atom. The van der Waals surface area contributed by atoms with Crippen LogP contribution in [0.4, 0.5) is 0 Å². The van der Waals surface area contributed by atoms with Crippen LogP contribution in [0.25, 0.3) is 0 Å². The van der Waals surface area contributed by atoms with Gasteiger partial charge >= 0.3 is 0 Å². The molecule has 3 heterocycles. The summed E-state index contributed by atoms with van der Waals surface area (Å²) in [4.78, 5) is 16.4. The van der Waals surface area contributed by atoms with E-state index in [0.717, 1.165) is 17.5 Å². The molecule has 9 heteroatoms. The Morgan fingerprint density at radius 3 is 2.81 bits per heavy atom. The summed E-state index contributed by atoms with van der Waals surface area (Å²) in [5.74, 6) is -0.199. The first-order chi connectivity index (χ1) is 14.8. The van der Waals surface area contributed by atoms with E-state index in [1.165, 1.54) is 15.2 Å². The van der Waals surface area contributed by atoms with Gasteiger partial charge in [-0.2, -0.15) is 9.40 Å². The molecule has 0 N–H and O–H groups in total. The highest BCUT2D eigenvalue weighted by Gasteiger charge is 2.30. The molecule has 4 rings (SSSR count). The second-order valence-corrected chi connectivity index (χ2v) is 11.0. The topological polar surface area (TPSA) is 75.5 Å². The third-order valence-corrected chi connectivity index (χ3v) is 8.35. The molecule has 0 saturated carbocycles. The smallest absolute Gasteiger partial charge is 0.254 e. The minimum Gasteiger partial charge on any atom is -0.332 e. The lowest BCUT2D eigenvalue weighted by atomic mass is 10.1. The highest BCUT2D eigenvalue weighted by atomic mass is 32.2. The summed E-state index contributed by atoms with van der Waals surface area (Å²) in [6, 6.07) is 8.32. The summed E-state index contributed by atoms with van der Waals surface area (Å²) in [6.07, 6.45) is 4.33. The first kappa shape index (κ1) is 21.7. The lowest BCUT2D eigenvalue weighted by Crippen LogP contribution is -2.37. The van der Waals surface area contributed by atoms with Crippen molar-refractivity contribution < 1.29 is 13.2 Å². The molecule has 0 unspecified atom stereocenters. The Bertz CT molecular complexity index is 1200. The van der Waals surface area contributed by atoms with E-state index in [1.807, 2.05) is 38.5 Å². The molecule has 1 amide bonds. The zero-order valence-electron chi connectivity index (χ0n) is 17.9. The number of benzene rings is 1. The molecular formula is C22H26N4O3S2. The maximum Gasteiger partial charge on any atom is 0.254 e. The van der Waals surface area contributed by atoms with E-state index in [2.05, 4.69) is 5.10 Å². The maximum atomic E-state index is 13.3. The lowest BCUT2D eigenvalue weighted by molar-refractivity contribution is 0.0690. The fourth-order valence-electron chi connectivity index (χ4n) is 3.77. The number of amides is 1. The number of hydrogen-bond donors (Lipinski definition) is 0. The molecule has 31 heavy (non-hydrogen) atoms. The second kappa shape index (κ2) is 8.57. The Morgan fingerprint density at radius 1 is 1.29 bits per heavy atom. The van der Waals surface area contributed by atoms with Gasteiger partial charge in [0.1, 0.15) is 0 Å². The SMILES string of the molecule is CC(C)N(Cc1cnn(C)c1)C(=O)c1cccc(S(=O)(=O)N2CCc3sccc3C2)c1. The summed E-state index contributed by atoms with van der Waals surface area (Å²) in [5, 5.41) is 6.17. The Hall–Kier alpha value is -2.49. The van der Waals surface area contributed by atoms with E-state index in [9.17, 15) is 13.2 Å². The van der Waals surface area contributed by atoms with Crippen LogP contribution in [0, 0.1) is 0 Å². The molecule has 7 nitrogen and oxygen atoms in total. The molecule has 1 aliphatic rings. The average Bonchev–Trinajstić information content (AvgIpc) is 3.39. The van der Waals surface area contributed by atoms with Gasteiger partial charge in [0.05, 0.1) is 11.1 Å². The normalized spacial score (nSPS) is 14.6. The number of rotatable bonds is 6. The number of thiophene rings is 1. The van der Waals surface area contributed by atoms with Crippen molar-refractivity contribution in [3.8, 4) is 0 Å². The van der Waals surface area contributed by atoms with Crippen LogP contribution in [0.1, 0.15) is 40.2 Å². The van der Waals surface area contributed by atoms with Crippen molar-refractivity contribution in [2.75, 3.05) is 6.54 Å². The highest BCUT2D eigenvalue weighted by molar-refractivity contribution is 7.89. The summed E-state index contributed by atoms with van der Waals surface area (Å²) < 4.78 is 29.8. The number of aromatic nitrogens is 2. The van der Waals surface area contributed by atoms with Crippen molar-refractivity contribution in [2.45, 2.75) is 44.3 Å². The molecule has 0 saturated heterocycles. The van der Waals surface area contributed by atoms with Crippen molar-refractivity contribution in [1.82, 2.24) is 19.0 Å². The van der Waals surface area contributed by atoms with Gasteiger partial charge in [-0.1, -0.05) is 6.07 Å². The van der Waals surface area contributed by atoms with E-state index < -0.39 is 10.0 Å². The molecule has 2 aromatic heterocycles. The van der Waals surface area contributed by atoms with E-state index in [-0.39, 0.29) is 16.8 Å². The summed E-state index contributed by atoms with van der Waals surface area (Å²) in [6.45, 7) is 5.13. The van der Waals surface area contributed by atoms with Crippen molar-refractivity contribution >= 4 is 27.3 Å². The van der Waals surface area contributed by atoms with Crippen LogP contribution in [-0.2, 0) is 36.6 Å². The Balaban J connectivity index is 1.58. The number of sulfonamides is 1. The van der Waals surface area contributed by atoms with Crippen LogP contribution in [0.2, 0.25) is 0 Å². The first-order valence-electron chi connectivity index (χ1n) is 10.2. The predicted octanol–water partition coefficient (Wildman–Crippen LogP) is 3.28. The zero-order valence-corrected chi connectivity index (χ0v) is 19.5. The Labute approximate surface area is 187 Å². The number of carbonyl (C=O) groups is 1. The predicted molar refractivity (Wildman–Crippen MR) is 120 cm³/mol. The molecule has 0 atom stereocenters. The zero-order chi connectivity index (χ0) is 22.2. The van der Waals surface area contributed by atoms with Gasteiger partial charge in [0.15, 0.2) is 0 Å². The molecule has 1 aromatic carbocycles. The van der Waals surface area contributed by atoms with Crippen LogP contribution in [-0.4, -0.2) is 45.9 Å². The van der Waals surface area contributed by atoms with Crippen molar-refractivity contribution in [2.24, 2.45) is 7.05 Å². The molecule has 0 spiro atoms. The van der Waals surface area contributed by atoms with E-state index in [4.69, 9.17) is 0 Å². The number of nitrogens with zero attached hydrogens (tertiary/aromatic N) is 4. The molecule has 1 aliphatic heterocycles. The lowest BCUT2D eigenvalue weighted by Gasteiger charge is -2.28. The molecule has 0 bridgehead atoms. The molecule has 0 fully saturated rings.